The van der Waals surface area contributed by atoms with Crippen LogP contribution in [0.15, 0.2) is 30.3 Å². The molecule has 0 aliphatic rings. The van der Waals surface area contributed by atoms with E-state index in [0.717, 1.165) is 5.56 Å². The zero-order valence-corrected chi connectivity index (χ0v) is 10.6. The van der Waals surface area contributed by atoms with Crippen molar-refractivity contribution in [2.75, 3.05) is 0 Å². The topological polar surface area (TPSA) is 46.5 Å². The number of carbonyl (C=O) groups is 1. The van der Waals surface area contributed by atoms with E-state index in [1.807, 2.05) is 44.2 Å². The van der Waals surface area contributed by atoms with Gasteiger partial charge in [-0.1, -0.05) is 44.2 Å². The lowest BCUT2D eigenvalue weighted by Crippen LogP contribution is -2.39. The predicted octanol–water partition coefficient (Wildman–Crippen LogP) is 3.09. The van der Waals surface area contributed by atoms with Crippen molar-refractivity contribution in [3.63, 3.8) is 0 Å². The summed E-state index contributed by atoms with van der Waals surface area (Å²) in [6, 6.07) is 9.61. The standard InChI is InChI=1S/C14H20O3/c1-11(2)9-14(3,13(15)16)17-10-12-7-5-4-6-8-12/h4-8,11H,9-10H2,1-3H3,(H,15,16). The third-order valence-electron chi connectivity index (χ3n) is 2.65. The molecule has 1 aromatic rings. The second-order valence-corrected chi connectivity index (χ2v) is 4.91. The van der Waals surface area contributed by atoms with Gasteiger partial charge in [0.2, 0.25) is 0 Å². The molecule has 0 amide bonds. The molecule has 0 aliphatic heterocycles. The highest BCUT2D eigenvalue weighted by atomic mass is 16.5. The molecular weight excluding hydrogens is 216 g/mol. The van der Waals surface area contributed by atoms with Gasteiger partial charge in [0.1, 0.15) is 0 Å². The summed E-state index contributed by atoms with van der Waals surface area (Å²) in [7, 11) is 0. The first-order chi connectivity index (χ1) is 7.94. The fourth-order valence-electron chi connectivity index (χ4n) is 1.80. The third-order valence-corrected chi connectivity index (χ3v) is 2.65. The Hall–Kier alpha value is -1.35. The van der Waals surface area contributed by atoms with Crippen molar-refractivity contribution in [2.45, 2.75) is 39.4 Å². The van der Waals surface area contributed by atoms with Gasteiger partial charge in [-0.3, -0.25) is 0 Å². The summed E-state index contributed by atoms with van der Waals surface area (Å²) in [4.78, 5) is 11.3. The molecule has 0 saturated heterocycles. The minimum Gasteiger partial charge on any atom is -0.479 e. The molecule has 0 aliphatic carbocycles. The van der Waals surface area contributed by atoms with Crippen LogP contribution in [-0.2, 0) is 16.1 Å². The molecule has 94 valence electrons. The van der Waals surface area contributed by atoms with Crippen molar-refractivity contribution in [2.24, 2.45) is 5.92 Å². The van der Waals surface area contributed by atoms with Gasteiger partial charge in [0.15, 0.2) is 5.60 Å². The SMILES string of the molecule is CC(C)CC(C)(OCc1ccccc1)C(=O)O. The van der Waals surface area contributed by atoms with Crippen LogP contribution in [-0.4, -0.2) is 16.7 Å². The van der Waals surface area contributed by atoms with Crippen molar-refractivity contribution in [1.29, 1.82) is 0 Å². The Labute approximate surface area is 102 Å². The smallest absolute Gasteiger partial charge is 0.335 e. The Morgan fingerprint density at radius 3 is 2.41 bits per heavy atom. The summed E-state index contributed by atoms with van der Waals surface area (Å²) in [5.74, 6) is -0.617. The quantitative estimate of drug-likeness (QED) is 0.825. The maximum absolute atomic E-state index is 11.3. The lowest BCUT2D eigenvalue weighted by Gasteiger charge is -2.27. The lowest BCUT2D eigenvalue weighted by atomic mass is 9.94. The molecule has 1 rings (SSSR count). The van der Waals surface area contributed by atoms with Gasteiger partial charge >= 0.3 is 5.97 Å². The van der Waals surface area contributed by atoms with Gasteiger partial charge in [0.25, 0.3) is 0 Å². The van der Waals surface area contributed by atoms with Gasteiger partial charge in [0.05, 0.1) is 6.61 Å². The highest BCUT2D eigenvalue weighted by Gasteiger charge is 2.34. The summed E-state index contributed by atoms with van der Waals surface area (Å²) in [6.07, 6.45) is 0.509. The number of hydrogen-bond donors (Lipinski definition) is 1. The van der Waals surface area contributed by atoms with E-state index in [1.54, 1.807) is 6.92 Å². The number of benzene rings is 1. The second kappa shape index (κ2) is 5.82. The van der Waals surface area contributed by atoms with Crippen LogP contribution >= 0.6 is 0 Å². The van der Waals surface area contributed by atoms with Crippen LogP contribution in [0, 0.1) is 5.92 Å². The van der Waals surface area contributed by atoms with E-state index < -0.39 is 11.6 Å². The van der Waals surface area contributed by atoms with Crippen molar-refractivity contribution in [3.8, 4) is 0 Å². The Morgan fingerprint density at radius 1 is 1.35 bits per heavy atom. The van der Waals surface area contributed by atoms with E-state index in [1.165, 1.54) is 0 Å². The molecule has 0 heterocycles. The first-order valence-electron chi connectivity index (χ1n) is 5.85. The van der Waals surface area contributed by atoms with Gasteiger partial charge in [0, 0.05) is 0 Å². The van der Waals surface area contributed by atoms with Gasteiger partial charge < -0.3 is 9.84 Å². The summed E-state index contributed by atoms with van der Waals surface area (Å²) < 4.78 is 5.59. The summed E-state index contributed by atoms with van der Waals surface area (Å²) in [6.45, 7) is 5.95. The average molecular weight is 236 g/mol. The Kier molecular flexibility index (Phi) is 4.70. The molecule has 3 heteroatoms. The van der Waals surface area contributed by atoms with Crippen LogP contribution in [0.1, 0.15) is 32.8 Å². The molecule has 0 radical (unpaired) electrons. The van der Waals surface area contributed by atoms with E-state index >= 15 is 0 Å². The summed E-state index contributed by atoms with van der Waals surface area (Å²) in [5.41, 5.74) is -0.118. The Bertz CT molecular complexity index is 359. The first kappa shape index (κ1) is 13.7. The normalized spacial score (nSPS) is 14.6. The fraction of sp³-hybridized carbons (Fsp3) is 0.500. The second-order valence-electron chi connectivity index (χ2n) is 4.91. The Balaban J connectivity index is 2.65. The van der Waals surface area contributed by atoms with Crippen LogP contribution < -0.4 is 0 Å². The molecule has 0 fully saturated rings. The number of hydrogen-bond acceptors (Lipinski definition) is 2. The maximum atomic E-state index is 11.3. The van der Waals surface area contributed by atoms with E-state index in [9.17, 15) is 9.90 Å². The fourth-order valence-corrected chi connectivity index (χ4v) is 1.80. The van der Waals surface area contributed by atoms with Crippen molar-refractivity contribution in [3.05, 3.63) is 35.9 Å². The Morgan fingerprint density at radius 2 is 1.94 bits per heavy atom. The van der Waals surface area contributed by atoms with Crippen LogP contribution in [0.2, 0.25) is 0 Å². The zero-order valence-electron chi connectivity index (χ0n) is 10.6. The highest BCUT2D eigenvalue weighted by molar-refractivity contribution is 5.76. The van der Waals surface area contributed by atoms with Crippen LogP contribution in [0.4, 0.5) is 0 Å². The monoisotopic (exact) mass is 236 g/mol. The van der Waals surface area contributed by atoms with Crippen molar-refractivity contribution in [1.82, 2.24) is 0 Å². The lowest BCUT2D eigenvalue weighted by molar-refractivity contribution is -0.167. The van der Waals surface area contributed by atoms with Crippen molar-refractivity contribution >= 4 is 5.97 Å². The van der Waals surface area contributed by atoms with Crippen LogP contribution in [0.3, 0.4) is 0 Å². The summed E-state index contributed by atoms with van der Waals surface area (Å²) in [5, 5.41) is 9.23. The number of ether oxygens (including phenoxy) is 1. The minimum atomic E-state index is -1.11. The largest absolute Gasteiger partial charge is 0.479 e. The number of aliphatic carboxylic acids is 1. The predicted molar refractivity (Wildman–Crippen MR) is 66.7 cm³/mol. The van der Waals surface area contributed by atoms with Gasteiger partial charge in [-0.15, -0.1) is 0 Å². The molecule has 0 saturated carbocycles. The molecule has 1 atom stereocenters. The number of carboxylic acids is 1. The first-order valence-corrected chi connectivity index (χ1v) is 5.85. The molecule has 3 nitrogen and oxygen atoms in total. The van der Waals surface area contributed by atoms with Gasteiger partial charge in [-0.25, -0.2) is 4.79 Å². The van der Waals surface area contributed by atoms with Gasteiger partial charge in [-0.05, 0) is 24.8 Å². The van der Waals surface area contributed by atoms with E-state index in [2.05, 4.69) is 0 Å². The molecule has 0 aromatic heterocycles. The van der Waals surface area contributed by atoms with Gasteiger partial charge in [-0.2, -0.15) is 0 Å². The highest BCUT2D eigenvalue weighted by Crippen LogP contribution is 2.23. The molecule has 1 aromatic carbocycles. The van der Waals surface area contributed by atoms with E-state index in [0.29, 0.717) is 13.0 Å². The van der Waals surface area contributed by atoms with E-state index in [4.69, 9.17) is 4.74 Å². The minimum absolute atomic E-state index is 0.284. The van der Waals surface area contributed by atoms with Crippen LogP contribution in [0.25, 0.3) is 0 Å². The molecular formula is C14H20O3. The number of carboxylic acid groups (broad SMARTS) is 1. The molecule has 0 bridgehead atoms. The third kappa shape index (κ3) is 4.19. The van der Waals surface area contributed by atoms with Crippen LogP contribution in [0.5, 0.6) is 0 Å². The number of rotatable bonds is 6. The zero-order chi connectivity index (χ0) is 12.9. The molecule has 1 N–H and O–H groups in total. The maximum Gasteiger partial charge on any atom is 0.335 e. The van der Waals surface area contributed by atoms with E-state index in [-0.39, 0.29) is 5.92 Å². The molecule has 0 spiro atoms. The summed E-state index contributed by atoms with van der Waals surface area (Å²) >= 11 is 0. The average Bonchev–Trinajstić information content (AvgIpc) is 2.27. The molecule has 1 unspecified atom stereocenters. The molecule has 17 heavy (non-hydrogen) atoms. The van der Waals surface area contributed by atoms with Crippen molar-refractivity contribution < 1.29 is 14.6 Å².